The Morgan fingerprint density at radius 3 is 2.54 bits per heavy atom. The first-order chi connectivity index (χ1) is 11.7. The van der Waals surface area contributed by atoms with Crippen molar-refractivity contribution in [2.45, 2.75) is 19.4 Å². The first kappa shape index (κ1) is 17.4. The van der Waals surface area contributed by atoms with Crippen molar-refractivity contribution in [1.29, 1.82) is 0 Å². The fourth-order valence-electron chi connectivity index (χ4n) is 2.43. The third kappa shape index (κ3) is 4.50. The van der Waals surface area contributed by atoms with Crippen molar-refractivity contribution in [1.82, 2.24) is 9.88 Å². The van der Waals surface area contributed by atoms with E-state index in [0.29, 0.717) is 11.4 Å². The number of carbonyl (C=O) groups is 1. The van der Waals surface area contributed by atoms with Gasteiger partial charge in [-0.15, -0.1) is 6.42 Å². The van der Waals surface area contributed by atoms with E-state index in [2.05, 4.69) is 16.2 Å². The van der Waals surface area contributed by atoms with E-state index in [0.717, 1.165) is 12.0 Å². The van der Waals surface area contributed by atoms with Crippen molar-refractivity contribution < 1.29 is 9.53 Å². The first-order valence-corrected chi connectivity index (χ1v) is 7.75. The van der Waals surface area contributed by atoms with E-state index < -0.39 is 0 Å². The van der Waals surface area contributed by atoms with Gasteiger partial charge in [0.2, 0.25) is 0 Å². The zero-order valence-electron chi connectivity index (χ0n) is 13.9. The molecule has 0 saturated heterocycles. The van der Waals surface area contributed by atoms with Crippen LogP contribution in [-0.2, 0) is 0 Å². The van der Waals surface area contributed by atoms with Crippen LogP contribution in [-0.4, -0.2) is 29.6 Å². The van der Waals surface area contributed by atoms with Crippen LogP contribution in [0.3, 0.4) is 0 Å². The summed E-state index contributed by atoms with van der Waals surface area (Å²) in [6, 6.07) is 10.8. The highest BCUT2D eigenvalue weighted by atomic mass is 16.5. The Kier molecular flexibility index (Phi) is 6.21. The summed E-state index contributed by atoms with van der Waals surface area (Å²) in [6.45, 7) is 2.27. The van der Waals surface area contributed by atoms with Gasteiger partial charge in [-0.05, 0) is 48.4 Å². The number of terminal acetylenes is 1. The minimum Gasteiger partial charge on any atom is -0.481 e. The molecule has 0 spiro atoms. The number of urea groups is 1. The number of benzene rings is 1. The maximum atomic E-state index is 12.5. The standard InChI is InChI=1S/C19H21N3O2/c1-4-14-24-17-8-6-16(7-9-17)21-19(23)22(3)18(5-2)15-10-12-20-13-11-15/h1,6-13,18H,5,14H2,2-3H3,(H,21,23). The number of amides is 2. The normalized spacial score (nSPS) is 11.2. The van der Waals surface area contributed by atoms with Crippen molar-refractivity contribution in [3.8, 4) is 18.1 Å². The molecule has 124 valence electrons. The number of ether oxygens (including phenoxy) is 1. The average molecular weight is 323 g/mol. The van der Waals surface area contributed by atoms with Crippen LogP contribution < -0.4 is 10.1 Å². The van der Waals surface area contributed by atoms with Gasteiger partial charge in [0.05, 0.1) is 6.04 Å². The van der Waals surface area contributed by atoms with Crippen LogP contribution in [0.4, 0.5) is 10.5 Å². The fraction of sp³-hybridized carbons (Fsp3) is 0.263. The molecule has 0 aliphatic rings. The lowest BCUT2D eigenvalue weighted by Crippen LogP contribution is -2.34. The third-order valence-corrected chi connectivity index (χ3v) is 3.69. The van der Waals surface area contributed by atoms with Crippen LogP contribution >= 0.6 is 0 Å². The molecular formula is C19H21N3O2. The summed E-state index contributed by atoms with van der Waals surface area (Å²) in [6.07, 6.45) is 9.44. The highest BCUT2D eigenvalue weighted by Gasteiger charge is 2.20. The highest BCUT2D eigenvalue weighted by Crippen LogP contribution is 2.23. The van der Waals surface area contributed by atoms with Crippen LogP contribution in [0.5, 0.6) is 5.75 Å². The molecule has 1 aromatic carbocycles. The molecule has 5 heteroatoms. The van der Waals surface area contributed by atoms with E-state index >= 15 is 0 Å². The largest absolute Gasteiger partial charge is 0.481 e. The number of nitrogens with zero attached hydrogens (tertiary/aromatic N) is 2. The van der Waals surface area contributed by atoms with E-state index in [1.165, 1.54) is 0 Å². The minimum absolute atomic E-state index is 0.00812. The van der Waals surface area contributed by atoms with Crippen molar-refractivity contribution in [2.75, 3.05) is 19.0 Å². The zero-order valence-corrected chi connectivity index (χ0v) is 13.9. The Morgan fingerprint density at radius 2 is 1.96 bits per heavy atom. The van der Waals surface area contributed by atoms with Crippen LogP contribution in [0.2, 0.25) is 0 Å². The van der Waals surface area contributed by atoms with E-state index in [9.17, 15) is 4.79 Å². The second-order valence-electron chi connectivity index (χ2n) is 5.26. The molecule has 2 amide bonds. The Balaban J connectivity index is 2.01. The van der Waals surface area contributed by atoms with Crippen molar-refractivity contribution >= 4 is 11.7 Å². The summed E-state index contributed by atoms with van der Waals surface area (Å²) in [7, 11) is 1.79. The summed E-state index contributed by atoms with van der Waals surface area (Å²) in [5.74, 6) is 3.08. The topological polar surface area (TPSA) is 54.5 Å². The van der Waals surface area contributed by atoms with E-state index in [1.54, 1.807) is 48.6 Å². The van der Waals surface area contributed by atoms with Gasteiger partial charge in [0.15, 0.2) is 0 Å². The van der Waals surface area contributed by atoms with Gasteiger partial charge in [-0.3, -0.25) is 4.98 Å². The molecule has 0 aliphatic heterocycles. The van der Waals surface area contributed by atoms with E-state index in [4.69, 9.17) is 11.2 Å². The summed E-state index contributed by atoms with van der Waals surface area (Å²) in [5, 5.41) is 2.89. The Labute approximate surface area is 142 Å². The maximum absolute atomic E-state index is 12.5. The maximum Gasteiger partial charge on any atom is 0.322 e. The van der Waals surface area contributed by atoms with Gasteiger partial charge < -0.3 is 15.0 Å². The van der Waals surface area contributed by atoms with Gasteiger partial charge >= 0.3 is 6.03 Å². The predicted octanol–water partition coefficient (Wildman–Crippen LogP) is 3.71. The lowest BCUT2D eigenvalue weighted by atomic mass is 10.1. The van der Waals surface area contributed by atoms with Crippen LogP contribution in [0, 0.1) is 12.3 Å². The summed E-state index contributed by atoms with van der Waals surface area (Å²) in [4.78, 5) is 18.2. The lowest BCUT2D eigenvalue weighted by Gasteiger charge is -2.27. The molecule has 24 heavy (non-hydrogen) atoms. The predicted molar refractivity (Wildman–Crippen MR) is 94.8 cm³/mol. The number of carbonyl (C=O) groups excluding carboxylic acids is 1. The second kappa shape index (κ2) is 8.59. The summed E-state index contributed by atoms with van der Waals surface area (Å²) in [5.41, 5.74) is 1.76. The first-order valence-electron chi connectivity index (χ1n) is 7.75. The van der Waals surface area contributed by atoms with Gasteiger partial charge in [-0.25, -0.2) is 4.79 Å². The van der Waals surface area contributed by atoms with E-state index in [-0.39, 0.29) is 18.7 Å². The van der Waals surface area contributed by atoms with Gasteiger partial charge in [-0.1, -0.05) is 12.8 Å². The molecule has 1 atom stereocenters. The molecule has 1 aromatic heterocycles. The second-order valence-corrected chi connectivity index (χ2v) is 5.26. The van der Waals surface area contributed by atoms with Crippen molar-refractivity contribution in [2.24, 2.45) is 0 Å². The molecule has 1 N–H and O–H groups in total. The molecule has 2 aromatic rings. The number of hydrogen-bond donors (Lipinski definition) is 1. The van der Waals surface area contributed by atoms with Gasteiger partial charge in [-0.2, -0.15) is 0 Å². The quantitative estimate of drug-likeness (QED) is 0.825. The van der Waals surface area contributed by atoms with Crippen LogP contribution in [0.15, 0.2) is 48.8 Å². The number of pyridine rings is 1. The molecule has 1 heterocycles. The summed E-state index contributed by atoms with van der Waals surface area (Å²) >= 11 is 0. The molecule has 0 bridgehead atoms. The lowest BCUT2D eigenvalue weighted by molar-refractivity contribution is 0.202. The number of rotatable bonds is 6. The molecule has 0 radical (unpaired) electrons. The van der Waals surface area contributed by atoms with Crippen molar-refractivity contribution in [3.63, 3.8) is 0 Å². The Hall–Kier alpha value is -3.00. The minimum atomic E-state index is -0.170. The van der Waals surface area contributed by atoms with Gasteiger partial charge in [0.1, 0.15) is 12.4 Å². The van der Waals surface area contributed by atoms with Gasteiger partial charge in [0, 0.05) is 25.1 Å². The molecule has 1 unspecified atom stereocenters. The molecule has 0 fully saturated rings. The smallest absolute Gasteiger partial charge is 0.322 e. The van der Waals surface area contributed by atoms with Crippen LogP contribution in [0.1, 0.15) is 24.9 Å². The zero-order chi connectivity index (χ0) is 17.4. The monoisotopic (exact) mass is 323 g/mol. The number of anilines is 1. The van der Waals surface area contributed by atoms with Gasteiger partial charge in [0.25, 0.3) is 0 Å². The molecule has 0 aliphatic carbocycles. The highest BCUT2D eigenvalue weighted by molar-refractivity contribution is 5.89. The third-order valence-electron chi connectivity index (χ3n) is 3.69. The summed E-state index contributed by atoms with van der Waals surface area (Å²) < 4.78 is 5.31. The fourth-order valence-corrected chi connectivity index (χ4v) is 2.43. The average Bonchev–Trinajstić information content (AvgIpc) is 2.62. The Morgan fingerprint density at radius 1 is 1.29 bits per heavy atom. The van der Waals surface area contributed by atoms with E-state index in [1.807, 2.05) is 19.1 Å². The number of hydrogen-bond acceptors (Lipinski definition) is 3. The van der Waals surface area contributed by atoms with Crippen molar-refractivity contribution in [3.05, 3.63) is 54.4 Å². The SMILES string of the molecule is C#CCOc1ccc(NC(=O)N(C)C(CC)c2ccncc2)cc1. The Bertz CT molecular complexity index is 693. The molecular weight excluding hydrogens is 302 g/mol. The number of nitrogens with one attached hydrogen (secondary N) is 1. The number of aromatic nitrogens is 1. The van der Waals surface area contributed by atoms with Crippen LogP contribution in [0.25, 0.3) is 0 Å². The molecule has 2 rings (SSSR count). The molecule has 5 nitrogen and oxygen atoms in total. The molecule has 0 saturated carbocycles.